The van der Waals surface area contributed by atoms with Crippen molar-refractivity contribution in [2.75, 3.05) is 14.2 Å². The van der Waals surface area contributed by atoms with Crippen molar-refractivity contribution in [3.05, 3.63) is 87.0 Å². The number of rotatable bonds is 11. The summed E-state index contributed by atoms with van der Waals surface area (Å²) in [7, 11) is 3.15. The van der Waals surface area contributed by atoms with Gasteiger partial charge in [-0.3, -0.25) is 9.59 Å². The molecule has 0 bridgehead atoms. The molecular formula is C27H28IN3O5. The van der Waals surface area contributed by atoms with Gasteiger partial charge < -0.3 is 19.5 Å². The molecule has 0 aliphatic heterocycles. The Kier molecular flexibility index (Phi) is 10.1. The fourth-order valence-corrected chi connectivity index (χ4v) is 4.02. The number of halogens is 1. The first kappa shape index (κ1) is 27.0. The van der Waals surface area contributed by atoms with Crippen LogP contribution < -0.4 is 25.0 Å². The van der Waals surface area contributed by atoms with Gasteiger partial charge in [0.25, 0.3) is 5.91 Å². The molecule has 0 spiro atoms. The fourth-order valence-electron chi connectivity index (χ4n) is 3.24. The largest absolute Gasteiger partial charge is 0.497 e. The second-order valence-corrected chi connectivity index (χ2v) is 9.02. The van der Waals surface area contributed by atoms with Gasteiger partial charge in [-0.15, -0.1) is 0 Å². The van der Waals surface area contributed by atoms with Crippen LogP contribution in [0.25, 0.3) is 0 Å². The maximum atomic E-state index is 12.4. The van der Waals surface area contributed by atoms with E-state index in [-0.39, 0.29) is 12.3 Å². The fraction of sp³-hybridized carbons (Fsp3) is 0.222. The summed E-state index contributed by atoms with van der Waals surface area (Å²) in [6.07, 6.45) is 1.66. The average molecular weight is 601 g/mol. The van der Waals surface area contributed by atoms with Gasteiger partial charge in [-0.05, 0) is 70.5 Å². The van der Waals surface area contributed by atoms with Crippen LogP contribution in [0.4, 0.5) is 0 Å². The second-order valence-electron chi connectivity index (χ2n) is 7.86. The van der Waals surface area contributed by atoms with E-state index in [0.29, 0.717) is 23.9 Å². The summed E-state index contributed by atoms with van der Waals surface area (Å²) in [6.45, 7) is 2.01. The minimum atomic E-state index is -0.753. The zero-order valence-corrected chi connectivity index (χ0v) is 22.4. The highest BCUT2D eigenvalue weighted by molar-refractivity contribution is 14.1. The van der Waals surface area contributed by atoms with Crippen molar-refractivity contribution in [2.45, 2.75) is 26.0 Å². The zero-order chi connectivity index (χ0) is 25.9. The quantitative estimate of drug-likeness (QED) is 0.196. The SMILES string of the molecule is COc1ccc(CC(=O)NC(C)C(=O)NN=Cc2cc(I)c(OCc3ccccc3)c(OC)c2)cc1. The molecule has 2 amide bonds. The van der Waals surface area contributed by atoms with E-state index in [9.17, 15) is 9.59 Å². The first-order valence-electron chi connectivity index (χ1n) is 11.2. The molecule has 0 heterocycles. The maximum absolute atomic E-state index is 12.4. The highest BCUT2D eigenvalue weighted by atomic mass is 127. The molecule has 0 radical (unpaired) electrons. The molecule has 3 aromatic rings. The third-order valence-corrected chi connectivity index (χ3v) is 5.96. The monoisotopic (exact) mass is 601 g/mol. The van der Waals surface area contributed by atoms with Gasteiger partial charge in [-0.1, -0.05) is 42.5 Å². The van der Waals surface area contributed by atoms with Crippen molar-refractivity contribution >= 4 is 40.6 Å². The number of hydrogen-bond acceptors (Lipinski definition) is 6. The van der Waals surface area contributed by atoms with Crippen LogP contribution in [-0.4, -0.2) is 38.3 Å². The van der Waals surface area contributed by atoms with E-state index >= 15 is 0 Å². The Morgan fingerprint density at radius 1 is 1.00 bits per heavy atom. The molecule has 0 aromatic heterocycles. The molecule has 0 saturated heterocycles. The summed E-state index contributed by atoms with van der Waals surface area (Å²) < 4.78 is 17.4. The van der Waals surface area contributed by atoms with Crippen LogP contribution in [0.3, 0.4) is 0 Å². The molecule has 3 aromatic carbocycles. The number of hydrazone groups is 1. The second kappa shape index (κ2) is 13.5. The molecule has 0 fully saturated rings. The first-order valence-corrected chi connectivity index (χ1v) is 12.3. The number of amides is 2. The van der Waals surface area contributed by atoms with Gasteiger partial charge in [0, 0.05) is 0 Å². The van der Waals surface area contributed by atoms with E-state index in [1.54, 1.807) is 51.5 Å². The van der Waals surface area contributed by atoms with Crippen molar-refractivity contribution in [3.63, 3.8) is 0 Å². The van der Waals surface area contributed by atoms with E-state index in [2.05, 4.69) is 38.4 Å². The van der Waals surface area contributed by atoms with Crippen LogP contribution in [0.1, 0.15) is 23.6 Å². The van der Waals surface area contributed by atoms with Gasteiger partial charge in [0.1, 0.15) is 18.4 Å². The number of nitrogens with zero attached hydrogens (tertiary/aromatic N) is 1. The number of hydrogen-bond donors (Lipinski definition) is 2. The summed E-state index contributed by atoms with van der Waals surface area (Å²) in [5.41, 5.74) is 5.05. The molecule has 9 heteroatoms. The van der Waals surface area contributed by atoms with Gasteiger partial charge in [0.2, 0.25) is 5.91 Å². The van der Waals surface area contributed by atoms with Crippen molar-refractivity contribution in [1.82, 2.24) is 10.7 Å². The Balaban J connectivity index is 1.53. The van der Waals surface area contributed by atoms with Gasteiger partial charge in [0.15, 0.2) is 11.5 Å². The third kappa shape index (κ3) is 7.98. The molecule has 8 nitrogen and oxygen atoms in total. The highest BCUT2D eigenvalue weighted by Crippen LogP contribution is 2.34. The Labute approximate surface area is 224 Å². The lowest BCUT2D eigenvalue weighted by Crippen LogP contribution is -2.43. The Hall–Kier alpha value is -3.60. The summed E-state index contributed by atoms with van der Waals surface area (Å²) in [6, 6.07) is 19.9. The number of carbonyl (C=O) groups is 2. The molecule has 0 saturated carbocycles. The number of nitrogens with one attached hydrogen (secondary N) is 2. The van der Waals surface area contributed by atoms with Crippen LogP contribution in [0.5, 0.6) is 17.2 Å². The lowest BCUT2D eigenvalue weighted by Gasteiger charge is -2.14. The van der Waals surface area contributed by atoms with Crippen LogP contribution in [0, 0.1) is 3.57 Å². The lowest BCUT2D eigenvalue weighted by atomic mass is 10.1. The minimum Gasteiger partial charge on any atom is -0.497 e. The zero-order valence-electron chi connectivity index (χ0n) is 20.3. The first-order chi connectivity index (χ1) is 17.4. The molecule has 188 valence electrons. The highest BCUT2D eigenvalue weighted by Gasteiger charge is 2.16. The van der Waals surface area contributed by atoms with Crippen molar-refractivity contribution < 1.29 is 23.8 Å². The van der Waals surface area contributed by atoms with Crippen molar-refractivity contribution in [1.29, 1.82) is 0 Å². The van der Waals surface area contributed by atoms with Crippen molar-refractivity contribution in [2.24, 2.45) is 5.10 Å². The number of methoxy groups -OCH3 is 2. The number of carbonyl (C=O) groups excluding carboxylic acids is 2. The molecule has 2 N–H and O–H groups in total. The molecule has 1 unspecified atom stereocenters. The number of benzene rings is 3. The number of ether oxygens (including phenoxy) is 3. The topological polar surface area (TPSA) is 98.2 Å². The van der Waals surface area contributed by atoms with Crippen LogP contribution in [-0.2, 0) is 22.6 Å². The normalized spacial score (nSPS) is 11.6. The molecule has 3 rings (SSSR count). The predicted molar refractivity (Wildman–Crippen MR) is 147 cm³/mol. The Morgan fingerprint density at radius 2 is 1.72 bits per heavy atom. The third-order valence-electron chi connectivity index (χ3n) is 5.16. The van der Waals surface area contributed by atoms with Crippen molar-refractivity contribution in [3.8, 4) is 17.2 Å². The minimum absolute atomic E-state index is 0.155. The molecule has 36 heavy (non-hydrogen) atoms. The summed E-state index contributed by atoms with van der Waals surface area (Å²) >= 11 is 2.17. The van der Waals surface area contributed by atoms with Gasteiger partial charge >= 0.3 is 0 Å². The average Bonchev–Trinajstić information content (AvgIpc) is 2.88. The standard InChI is InChI=1S/C27H28IN3O5/c1-18(30-25(32)15-19-9-11-22(34-2)12-10-19)27(33)31-29-16-21-13-23(28)26(24(14-21)35-3)36-17-20-7-5-4-6-8-20/h4-14,16,18H,15,17H2,1-3H3,(H,30,32)(H,31,33). The van der Waals surface area contributed by atoms with Gasteiger partial charge in [-0.25, -0.2) is 5.43 Å². The van der Waals surface area contributed by atoms with E-state index in [4.69, 9.17) is 14.2 Å². The predicted octanol–water partition coefficient (Wildman–Crippen LogP) is 4.08. The summed E-state index contributed by atoms with van der Waals surface area (Å²) in [5, 5.41) is 6.70. The van der Waals surface area contributed by atoms with E-state index in [0.717, 1.165) is 20.3 Å². The Bertz CT molecular complexity index is 1200. The van der Waals surface area contributed by atoms with E-state index in [1.165, 1.54) is 6.21 Å². The Morgan fingerprint density at radius 3 is 2.39 bits per heavy atom. The van der Waals surface area contributed by atoms with E-state index < -0.39 is 11.9 Å². The van der Waals surface area contributed by atoms with Crippen LogP contribution in [0.15, 0.2) is 71.8 Å². The molecule has 0 aliphatic carbocycles. The molecular weight excluding hydrogens is 573 g/mol. The smallest absolute Gasteiger partial charge is 0.262 e. The summed E-state index contributed by atoms with van der Waals surface area (Å²) in [4.78, 5) is 24.6. The molecule has 0 aliphatic rings. The maximum Gasteiger partial charge on any atom is 0.262 e. The lowest BCUT2D eigenvalue weighted by molar-refractivity contribution is -0.128. The summed E-state index contributed by atoms with van der Waals surface area (Å²) in [5.74, 6) is 1.21. The molecule has 1 atom stereocenters. The van der Waals surface area contributed by atoms with Crippen LogP contribution in [0.2, 0.25) is 0 Å². The van der Waals surface area contributed by atoms with E-state index in [1.807, 2.05) is 36.4 Å². The van der Waals surface area contributed by atoms with Gasteiger partial charge in [-0.2, -0.15) is 5.10 Å². The van der Waals surface area contributed by atoms with Crippen LogP contribution >= 0.6 is 22.6 Å². The van der Waals surface area contributed by atoms with Gasteiger partial charge in [0.05, 0.1) is 30.4 Å².